The van der Waals surface area contributed by atoms with Crippen molar-refractivity contribution < 1.29 is 14.2 Å². The van der Waals surface area contributed by atoms with E-state index < -0.39 is 0 Å². The van der Waals surface area contributed by atoms with Gasteiger partial charge in [0.05, 0.1) is 19.8 Å². The quantitative estimate of drug-likeness (QED) is 0.0609. The van der Waals surface area contributed by atoms with E-state index in [9.17, 15) is 0 Å². The van der Waals surface area contributed by atoms with Crippen LogP contribution in [0.2, 0.25) is 0 Å². The maximum absolute atomic E-state index is 6.67. The number of benzene rings is 1. The Hall–Kier alpha value is -1.38. The summed E-state index contributed by atoms with van der Waals surface area (Å²) in [5.41, 5.74) is 1.26. The van der Waals surface area contributed by atoms with Crippen molar-refractivity contribution in [3.05, 3.63) is 24.6 Å². The van der Waals surface area contributed by atoms with Crippen molar-refractivity contribution in [2.45, 2.75) is 419 Å². The first-order valence-electron chi connectivity index (χ1n) is 36.6. The Labute approximate surface area is 492 Å². The minimum absolute atomic E-state index is 0.735. The highest BCUT2D eigenvalue weighted by Crippen LogP contribution is 2.40. The molecule has 0 unspecified atom stereocenters. The maximum Gasteiger partial charge on any atom is 0.203 e. The topological polar surface area (TPSA) is 27.7 Å². The molecule has 0 saturated heterocycles. The van der Waals surface area contributed by atoms with E-state index in [-0.39, 0.29) is 0 Å². The summed E-state index contributed by atoms with van der Waals surface area (Å²) >= 11 is 0. The highest BCUT2D eigenvalue weighted by atomic mass is 16.5. The van der Waals surface area contributed by atoms with Gasteiger partial charge in [0.15, 0.2) is 11.5 Å². The Balaban J connectivity index is 2.39. The van der Waals surface area contributed by atoms with E-state index in [2.05, 4.69) is 39.8 Å². The molecule has 0 amide bonds. The third-order valence-electron chi connectivity index (χ3n) is 17.3. The predicted octanol–water partition coefficient (Wildman–Crippen LogP) is 27.1. The van der Waals surface area contributed by atoms with Crippen LogP contribution in [0.25, 0.3) is 0 Å². The molecule has 0 fully saturated rings. The Kier molecular flexibility index (Phi) is 62.0. The third-order valence-corrected chi connectivity index (χ3v) is 17.3. The van der Waals surface area contributed by atoms with E-state index in [0.717, 1.165) is 69.2 Å². The highest BCUT2D eigenvalue weighted by Gasteiger charge is 2.16. The van der Waals surface area contributed by atoms with Gasteiger partial charge in [0.25, 0.3) is 0 Å². The van der Waals surface area contributed by atoms with Crippen molar-refractivity contribution in [1.82, 2.24) is 0 Å². The first-order valence-corrected chi connectivity index (χ1v) is 36.6. The third kappa shape index (κ3) is 53.9. The molecule has 3 heteroatoms. The first-order chi connectivity index (χ1) is 38.8. The van der Waals surface area contributed by atoms with Crippen LogP contribution in [0.15, 0.2) is 12.1 Å². The molecule has 1 aromatic rings. The van der Waals surface area contributed by atoms with Gasteiger partial charge in [0, 0.05) is 0 Å². The van der Waals surface area contributed by atoms with Gasteiger partial charge in [-0.25, -0.2) is 0 Å². The lowest BCUT2D eigenvalue weighted by molar-refractivity contribution is 0.234. The number of hydrogen-bond donors (Lipinski definition) is 0. The van der Waals surface area contributed by atoms with Crippen LogP contribution in [0.3, 0.4) is 0 Å². The van der Waals surface area contributed by atoms with Gasteiger partial charge in [-0.15, -0.1) is 0 Å². The lowest BCUT2D eigenvalue weighted by atomic mass is 10.0. The molecule has 461 valence electrons. The SMILES string of the molecule is [CH2]CCc1cc(OCCCCCCCCCCCCCCCCCCCCCC)c(OCCCCCCCCCCCCCCCCCCCCCC)c(OCCCCCCCCCCCCCCCCCCCCCC)c1. The Morgan fingerprint density at radius 1 is 0.231 bits per heavy atom. The van der Waals surface area contributed by atoms with Crippen molar-refractivity contribution in [3.8, 4) is 17.2 Å². The zero-order valence-electron chi connectivity index (χ0n) is 54.0. The van der Waals surface area contributed by atoms with Crippen molar-refractivity contribution >= 4 is 0 Å². The molecule has 0 aliphatic carbocycles. The number of aryl methyl sites for hydroxylation is 1. The molecule has 3 nitrogen and oxygen atoms in total. The van der Waals surface area contributed by atoms with E-state index in [4.69, 9.17) is 14.2 Å². The van der Waals surface area contributed by atoms with Crippen molar-refractivity contribution in [2.24, 2.45) is 0 Å². The second kappa shape index (κ2) is 64.8. The van der Waals surface area contributed by atoms with Gasteiger partial charge in [0.2, 0.25) is 5.75 Å². The fourth-order valence-electron chi connectivity index (χ4n) is 11.9. The lowest BCUT2D eigenvalue weighted by Gasteiger charge is -2.19. The predicted molar refractivity (Wildman–Crippen MR) is 351 cm³/mol. The summed E-state index contributed by atoms with van der Waals surface area (Å²) in [6.07, 6.45) is 86.0. The van der Waals surface area contributed by atoms with Crippen LogP contribution in [-0.2, 0) is 6.42 Å². The summed E-state index contributed by atoms with van der Waals surface area (Å²) in [6.45, 7) is 13.4. The highest BCUT2D eigenvalue weighted by molar-refractivity contribution is 5.54. The Morgan fingerprint density at radius 2 is 0.397 bits per heavy atom. The molecule has 1 radical (unpaired) electrons. The summed E-state index contributed by atoms with van der Waals surface area (Å²) < 4.78 is 19.9. The molecule has 1 rings (SSSR count). The van der Waals surface area contributed by atoms with Crippen LogP contribution < -0.4 is 14.2 Å². The molecule has 0 aliphatic heterocycles. The van der Waals surface area contributed by atoms with Gasteiger partial charge in [0.1, 0.15) is 0 Å². The van der Waals surface area contributed by atoms with Gasteiger partial charge in [-0.05, 0) is 49.8 Å². The monoisotopic (exact) mass is 1090 g/mol. The van der Waals surface area contributed by atoms with Crippen molar-refractivity contribution in [1.29, 1.82) is 0 Å². The molecule has 0 saturated carbocycles. The molecule has 0 bridgehead atoms. The standard InChI is InChI=1S/C75H143O3/c1-5-9-12-15-18-21-24-27-30-33-36-39-42-45-48-51-54-57-60-63-67-76-73-70-72(66-8-4)71-74(77-68-64-61-58-55-52-49-46-43-40-37-34-31-28-25-22-19-16-13-10-6-2)75(73)78-69-65-62-59-56-53-50-47-44-41-38-35-32-29-26-23-20-17-14-11-7-3/h70-71H,4-69H2,1-3H3. The number of unbranched alkanes of at least 4 members (excludes halogenated alkanes) is 57. The van der Waals surface area contributed by atoms with E-state index in [1.807, 2.05) is 0 Å². The second-order valence-corrected chi connectivity index (χ2v) is 25.2. The molecule has 0 aliphatic rings. The number of rotatable bonds is 68. The zero-order valence-corrected chi connectivity index (χ0v) is 54.0. The number of hydrogen-bond acceptors (Lipinski definition) is 3. The van der Waals surface area contributed by atoms with Crippen LogP contribution >= 0.6 is 0 Å². The molecular formula is C75H143O3. The van der Waals surface area contributed by atoms with E-state index in [1.165, 1.54) is 372 Å². The van der Waals surface area contributed by atoms with Gasteiger partial charge < -0.3 is 14.2 Å². The summed E-state index contributed by atoms with van der Waals surface area (Å²) in [4.78, 5) is 0. The lowest BCUT2D eigenvalue weighted by Crippen LogP contribution is -2.07. The fraction of sp³-hybridized carbons (Fsp3) is 0.907. The van der Waals surface area contributed by atoms with E-state index in [0.29, 0.717) is 0 Å². The van der Waals surface area contributed by atoms with Gasteiger partial charge >= 0.3 is 0 Å². The van der Waals surface area contributed by atoms with Gasteiger partial charge in [-0.2, -0.15) is 0 Å². The van der Waals surface area contributed by atoms with Gasteiger partial charge in [-0.1, -0.05) is 394 Å². The van der Waals surface area contributed by atoms with E-state index >= 15 is 0 Å². The minimum atomic E-state index is 0.735. The molecule has 0 atom stereocenters. The summed E-state index contributed by atoms with van der Waals surface area (Å²) in [6, 6.07) is 4.47. The largest absolute Gasteiger partial charge is 0.490 e. The normalized spacial score (nSPS) is 11.6. The summed E-state index contributed by atoms with van der Waals surface area (Å²) in [7, 11) is 0. The summed E-state index contributed by atoms with van der Waals surface area (Å²) in [5.74, 6) is 2.64. The molecule has 1 aromatic carbocycles. The molecule has 78 heavy (non-hydrogen) atoms. The molecular weight excluding hydrogens is 949 g/mol. The maximum atomic E-state index is 6.67. The van der Waals surface area contributed by atoms with Crippen LogP contribution in [0.5, 0.6) is 17.2 Å². The fourth-order valence-corrected chi connectivity index (χ4v) is 11.9. The van der Waals surface area contributed by atoms with Crippen molar-refractivity contribution in [2.75, 3.05) is 19.8 Å². The summed E-state index contributed by atoms with van der Waals surface area (Å²) in [5, 5.41) is 0. The molecule has 0 aromatic heterocycles. The van der Waals surface area contributed by atoms with Crippen LogP contribution in [0.4, 0.5) is 0 Å². The zero-order chi connectivity index (χ0) is 55.8. The van der Waals surface area contributed by atoms with Crippen LogP contribution in [0.1, 0.15) is 418 Å². The Bertz CT molecular complexity index is 1190. The average Bonchev–Trinajstić information content (AvgIpc) is 3.47. The first kappa shape index (κ1) is 74.6. The van der Waals surface area contributed by atoms with Crippen LogP contribution in [0, 0.1) is 6.92 Å². The van der Waals surface area contributed by atoms with Gasteiger partial charge in [-0.3, -0.25) is 0 Å². The minimum Gasteiger partial charge on any atom is -0.490 e. The number of ether oxygens (including phenoxy) is 3. The molecule has 0 heterocycles. The average molecular weight is 1090 g/mol. The molecule has 0 spiro atoms. The second-order valence-electron chi connectivity index (χ2n) is 25.2. The van der Waals surface area contributed by atoms with E-state index in [1.54, 1.807) is 0 Å². The van der Waals surface area contributed by atoms with Crippen LogP contribution in [-0.4, -0.2) is 19.8 Å². The smallest absolute Gasteiger partial charge is 0.203 e. The Morgan fingerprint density at radius 3 is 0.577 bits per heavy atom. The molecule has 0 N–H and O–H groups in total. The van der Waals surface area contributed by atoms with Crippen molar-refractivity contribution in [3.63, 3.8) is 0 Å².